The van der Waals surface area contributed by atoms with Crippen molar-refractivity contribution in [3.8, 4) is 0 Å². The third-order valence-electron chi connectivity index (χ3n) is 3.80. The van der Waals surface area contributed by atoms with Gasteiger partial charge in [0.25, 0.3) is 15.0 Å². The molecule has 1 fully saturated rings. The van der Waals surface area contributed by atoms with E-state index in [1.54, 1.807) is 12.1 Å². The zero-order valence-electron chi connectivity index (χ0n) is 11.7. The zero-order chi connectivity index (χ0) is 15.6. The average Bonchev–Trinajstić information content (AvgIpc) is 2.45. The van der Waals surface area contributed by atoms with Gasteiger partial charge in [-0.3, -0.25) is 4.79 Å². The minimum Gasteiger partial charge on any atom is -0.336 e. The smallest absolute Gasteiger partial charge is 0.262 e. The van der Waals surface area contributed by atoms with E-state index in [1.807, 2.05) is 4.90 Å². The van der Waals surface area contributed by atoms with E-state index < -0.39 is 9.05 Å². The van der Waals surface area contributed by atoms with Crippen molar-refractivity contribution >= 4 is 41.6 Å². The Morgan fingerprint density at radius 1 is 1.43 bits per heavy atom. The van der Waals surface area contributed by atoms with E-state index in [0.29, 0.717) is 10.0 Å². The number of carbonyl (C=O) groups excluding carboxylic acids is 1. The molecule has 1 amide bonds. The molecule has 0 aliphatic carbocycles. The Balaban J connectivity index is 2.35. The summed E-state index contributed by atoms with van der Waals surface area (Å²) in [5.41, 5.74) is 0.359. The lowest BCUT2D eigenvalue weighted by molar-refractivity contribution is 0.0608. The lowest BCUT2D eigenvalue weighted by Crippen LogP contribution is -2.43. The standard InChI is InChI=1S/C14H17BrClNO3S/c1-2-11-5-3-4-8-17(11)14(18)10-6-7-12(15)13(9-10)21(16,19)20/h6-7,9,11H,2-5,8H2,1H3. The van der Waals surface area contributed by atoms with Crippen molar-refractivity contribution in [2.24, 2.45) is 0 Å². The topological polar surface area (TPSA) is 54.5 Å². The first-order valence-corrected chi connectivity index (χ1v) is 10.00. The van der Waals surface area contributed by atoms with Crippen LogP contribution in [0.25, 0.3) is 0 Å². The molecule has 1 aromatic rings. The normalized spacial score (nSPS) is 19.6. The van der Waals surface area contributed by atoms with E-state index in [9.17, 15) is 13.2 Å². The average molecular weight is 395 g/mol. The summed E-state index contributed by atoms with van der Waals surface area (Å²) in [5.74, 6) is -0.129. The number of nitrogens with zero attached hydrogens (tertiary/aromatic N) is 1. The van der Waals surface area contributed by atoms with E-state index >= 15 is 0 Å². The maximum absolute atomic E-state index is 12.6. The van der Waals surface area contributed by atoms with Crippen molar-refractivity contribution < 1.29 is 13.2 Å². The molecule has 1 saturated heterocycles. The van der Waals surface area contributed by atoms with Gasteiger partial charge >= 0.3 is 0 Å². The second kappa shape index (κ2) is 6.67. The molecule has 4 nitrogen and oxygen atoms in total. The van der Waals surface area contributed by atoms with Crippen LogP contribution in [-0.2, 0) is 9.05 Å². The van der Waals surface area contributed by atoms with Gasteiger partial charge in [-0.15, -0.1) is 0 Å². The number of benzene rings is 1. The molecule has 1 aliphatic heterocycles. The van der Waals surface area contributed by atoms with Crippen molar-refractivity contribution in [2.75, 3.05) is 6.54 Å². The lowest BCUT2D eigenvalue weighted by atomic mass is 9.99. The summed E-state index contributed by atoms with van der Waals surface area (Å²) in [4.78, 5) is 14.4. The van der Waals surface area contributed by atoms with Crippen molar-refractivity contribution in [1.29, 1.82) is 0 Å². The van der Waals surface area contributed by atoms with Gasteiger partial charge in [0, 0.05) is 33.3 Å². The van der Waals surface area contributed by atoms with Gasteiger partial charge in [0.15, 0.2) is 0 Å². The van der Waals surface area contributed by atoms with E-state index in [-0.39, 0.29) is 16.8 Å². The first kappa shape index (κ1) is 16.8. The second-order valence-electron chi connectivity index (χ2n) is 5.14. The molecule has 1 aromatic carbocycles. The Bertz CT molecular complexity index is 648. The highest BCUT2D eigenvalue weighted by Gasteiger charge is 2.27. The van der Waals surface area contributed by atoms with E-state index in [4.69, 9.17) is 10.7 Å². The molecule has 1 atom stereocenters. The summed E-state index contributed by atoms with van der Waals surface area (Å²) >= 11 is 3.15. The summed E-state index contributed by atoms with van der Waals surface area (Å²) in [6.07, 6.45) is 4.02. The van der Waals surface area contributed by atoms with Gasteiger partial charge in [0.05, 0.1) is 4.90 Å². The maximum Gasteiger partial charge on any atom is 0.262 e. The van der Waals surface area contributed by atoms with Crippen LogP contribution in [0.4, 0.5) is 0 Å². The predicted molar refractivity (Wildman–Crippen MR) is 86.1 cm³/mol. The molecule has 0 spiro atoms. The van der Waals surface area contributed by atoms with Crippen molar-refractivity contribution in [3.05, 3.63) is 28.2 Å². The Morgan fingerprint density at radius 3 is 2.76 bits per heavy atom. The highest BCUT2D eigenvalue weighted by Crippen LogP contribution is 2.28. The number of carbonyl (C=O) groups is 1. The minimum absolute atomic E-state index is 0.0694. The number of likely N-dealkylation sites (tertiary alicyclic amines) is 1. The van der Waals surface area contributed by atoms with Gasteiger partial charge in [0.1, 0.15) is 0 Å². The fraction of sp³-hybridized carbons (Fsp3) is 0.500. The van der Waals surface area contributed by atoms with Crippen LogP contribution in [0, 0.1) is 0 Å². The Labute approximate surface area is 138 Å². The van der Waals surface area contributed by atoms with Crippen molar-refractivity contribution in [1.82, 2.24) is 4.90 Å². The fourth-order valence-corrected chi connectivity index (χ4v) is 4.80. The van der Waals surface area contributed by atoms with Crippen molar-refractivity contribution in [3.63, 3.8) is 0 Å². The van der Waals surface area contributed by atoms with E-state index in [1.165, 1.54) is 6.07 Å². The minimum atomic E-state index is -3.88. The van der Waals surface area contributed by atoms with Crippen LogP contribution in [-0.4, -0.2) is 31.8 Å². The first-order valence-electron chi connectivity index (χ1n) is 6.89. The highest BCUT2D eigenvalue weighted by atomic mass is 79.9. The number of piperidine rings is 1. The van der Waals surface area contributed by atoms with Gasteiger partial charge in [-0.25, -0.2) is 8.42 Å². The van der Waals surface area contributed by atoms with Gasteiger partial charge in [-0.05, 0) is 59.8 Å². The largest absolute Gasteiger partial charge is 0.336 e. The maximum atomic E-state index is 12.6. The molecule has 0 radical (unpaired) electrons. The first-order chi connectivity index (χ1) is 9.84. The molecule has 7 heteroatoms. The summed E-state index contributed by atoms with van der Waals surface area (Å²) < 4.78 is 23.4. The van der Waals surface area contributed by atoms with Crippen LogP contribution < -0.4 is 0 Å². The van der Waals surface area contributed by atoms with E-state index in [0.717, 1.165) is 32.2 Å². The molecule has 1 unspecified atom stereocenters. The Morgan fingerprint density at radius 2 is 2.14 bits per heavy atom. The number of halogens is 2. The van der Waals surface area contributed by atoms with Crippen LogP contribution >= 0.6 is 26.6 Å². The quantitative estimate of drug-likeness (QED) is 0.733. The molecule has 1 heterocycles. The molecular formula is C14H17BrClNO3S. The number of hydrogen-bond acceptors (Lipinski definition) is 3. The molecular weight excluding hydrogens is 378 g/mol. The molecule has 116 valence electrons. The fourth-order valence-electron chi connectivity index (χ4n) is 2.68. The second-order valence-corrected chi connectivity index (χ2v) is 8.53. The van der Waals surface area contributed by atoms with Crippen molar-refractivity contribution in [2.45, 2.75) is 43.5 Å². The summed E-state index contributed by atoms with van der Waals surface area (Å²) in [7, 11) is 1.51. The number of hydrogen-bond donors (Lipinski definition) is 0. The third kappa shape index (κ3) is 3.79. The number of rotatable bonds is 3. The van der Waals surface area contributed by atoms with Crippen LogP contribution in [0.15, 0.2) is 27.6 Å². The molecule has 1 aliphatic rings. The van der Waals surface area contributed by atoms with Gasteiger partial charge < -0.3 is 4.90 Å². The van der Waals surface area contributed by atoms with Crippen LogP contribution in [0.3, 0.4) is 0 Å². The summed E-state index contributed by atoms with van der Waals surface area (Å²) in [5, 5.41) is 0. The monoisotopic (exact) mass is 393 g/mol. The Hall–Kier alpha value is -0.590. The molecule has 0 bridgehead atoms. The highest BCUT2D eigenvalue weighted by molar-refractivity contribution is 9.10. The number of amides is 1. The third-order valence-corrected chi connectivity index (χ3v) is 6.12. The van der Waals surface area contributed by atoms with Crippen LogP contribution in [0.5, 0.6) is 0 Å². The summed E-state index contributed by atoms with van der Waals surface area (Å²) in [6, 6.07) is 4.74. The van der Waals surface area contributed by atoms with Crippen LogP contribution in [0.1, 0.15) is 43.0 Å². The van der Waals surface area contributed by atoms with Gasteiger partial charge in [-0.2, -0.15) is 0 Å². The lowest BCUT2D eigenvalue weighted by Gasteiger charge is -2.35. The molecule has 21 heavy (non-hydrogen) atoms. The molecule has 0 saturated carbocycles. The zero-order valence-corrected chi connectivity index (χ0v) is 14.8. The molecule has 0 aromatic heterocycles. The Kier molecular flexibility index (Phi) is 5.33. The summed E-state index contributed by atoms with van der Waals surface area (Å²) in [6.45, 7) is 2.78. The van der Waals surface area contributed by atoms with Gasteiger partial charge in [0.2, 0.25) is 0 Å². The molecule has 2 rings (SSSR count). The van der Waals surface area contributed by atoms with Crippen LogP contribution in [0.2, 0.25) is 0 Å². The SMILES string of the molecule is CCC1CCCCN1C(=O)c1ccc(Br)c(S(=O)(=O)Cl)c1. The predicted octanol–water partition coefficient (Wildman–Crippen LogP) is 3.78. The van der Waals surface area contributed by atoms with Gasteiger partial charge in [-0.1, -0.05) is 6.92 Å². The molecule has 0 N–H and O–H groups in total. The van der Waals surface area contributed by atoms with E-state index in [2.05, 4.69) is 22.9 Å².